The van der Waals surface area contributed by atoms with Gasteiger partial charge in [-0.1, -0.05) is 30.3 Å². The monoisotopic (exact) mass is 388 g/mol. The Hall–Kier alpha value is -3.06. The molecule has 1 saturated heterocycles. The number of tetrazole rings is 1. The van der Waals surface area contributed by atoms with E-state index in [0.29, 0.717) is 6.04 Å². The molecule has 1 aliphatic carbocycles. The van der Waals surface area contributed by atoms with Crippen molar-refractivity contribution in [2.45, 2.75) is 31.7 Å². The lowest BCUT2D eigenvalue weighted by Gasteiger charge is -2.36. The van der Waals surface area contributed by atoms with Gasteiger partial charge in [-0.2, -0.15) is 0 Å². The molecule has 1 N–H and O–H groups in total. The molecule has 5 rings (SSSR count). The van der Waals surface area contributed by atoms with Crippen LogP contribution in [0, 0.1) is 5.92 Å². The Balaban J connectivity index is 1.23. The molecule has 7 heteroatoms. The number of fused-ring (bicyclic) bond motifs is 1. The molecule has 0 saturated carbocycles. The van der Waals surface area contributed by atoms with E-state index < -0.39 is 0 Å². The molecule has 1 aromatic heterocycles. The number of nitrogens with zero attached hydrogens (tertiary/aromatic N) is 5. The Bertz CT molecular complexity index is 977. The average molecular weight is 388 g/mol. The highest BCUT2D eigenvalue weighted by Crippen LogP contribution is 2.29. The standard InChI is InChI=1S/C22H24N6O/c29-22(24-19-8-3-9-20(13-19)28-15-23-25-26-28)18-7-4-10-27(14-18)21-11-16-5-1-2-6-17(16)12-21/h1-3,5-6,8-9,13,15,18,21H,4,7,10-12,14H2,(H,24,29)/t18-/m1/s1. The van der Waals surface area contributed by atoms with Crippen molar-refractivity contribution in [1.29, 1.82) is 0 Å². The summed E-state index contributed by atoms with van der Waals surface area (Å²) in [5, 5.41) is 14.3. The fourth-order valence-electron chi connectivity index (χ4n) is 4.60. The smallest absolute Gasteiger partial charge is 0.228 e. The maximum atomic E-state index is 13.0. The first-order valence-corrected chi connectivity index (χ1v) is 10.2. The van der Waals surface area contributed by atoms with Crippen molar-refractivity contribution in [2.24, 2.45) is 5.92 Å². The summed E-state index contributed by atoms with van der Waals surface area (Å²) in [5.74, 6) is 0.114. The van der Waals surface area contributed by atoms with Crippen LogP contribution in [-0.4, -0.2) is 50.1 Å². The van der Waals surface area contributed by atoms with Gasteiger partial charge in [0.2, 0.25) is 5.91 Å². The fraction of sp³-hybridized carbons (Fsp3) is 0.364. The lowest BCUT2D eigenvalue weighted by atomic mass is 9.95. The van der Waals surface area contributed by atoms with E-state index in [9.17, 15) is 4.79 Å². The van der Waals surface area contributed by atoms with Crippen molar-refractivity contribution in [2.75, 3.05) is 18.4 Å². The van der Waals surface area contributed by atoms with Crippen molar-refractivity contribution in [3.8, 4) is 5.69 Å². The minimum atomic E-state index is 0.0177. The third-order valence-corrected chi connectivity index (χ3v) is 6.10. The van der Waals surface area contributed by atoms with E-state index in [0.717, 1.165) is 50.1 Å². The Labute approximate surface area is 169 Å². The summed E-state index contributed by atoms with van der Waals surface area (Å²) in [5.41, 5.74) is 4.52. The number of nitrogens with one attached hydrogen (secondary N) is 1. The van der Waals surface area contributed by atoms with Gasteiger partial charge in [0.25, 0.3) is 0 Å². The molecular formula is C22H24N6O. The molecule has 1 fully saturated rings. The van der Waals surface area contributed by atoms with Gasteiger partial charge in [0.15, 0.2) is 0 Å². The van der Waals surface area contributed by atoms with E-state index in [2.05, 4.69) is 50.0 Å². The molecule has 0 unspecified atom stereocenters. The second-order valence-corrected chi connectivity index (χ2v) is 7.96. The molecule has 29 heavy (non-hydrogen) atoms. The van der Waals surface area contributed by atoms with Crippen molar-refractivity contribution >= 4 is 11.6 Å². The second kappa shape index (κ2) is 7.75. The molecule has 2 heterocycles. The van der Waals surface area contributed by atoms with Crippen LogP contribution >= 0.6 is 0 Å². The van der Waals surface area contributed by atoms with Crippen molar-refractivity contribution in [1.82, 2.24) is 25.1 Å². The van der Waals surface area contributed by atoms with Gasteiger partial charge < -0.3 is 5.32 Å². The van der Waals surface area contributed by atoms with Crippen LogP contribution in [0.4, 0.5) is 5.69 Å². The summed E-state index contributed by atoms with van der Waals surface area (Å²) in [6, 6.07) is 16.8. The number of carbonyl (C=O) groups is 1. The minimum absolute atomic E-state index is 0.0177. The molecule has 2 aliphatic rings. The predicted molar refractivity (Wildman–Crippen MR) is 110 cm³/mol. The number of likely N-dealkylation sites (tertiary alicyclic amines) is 1. The van der Waals surface area contributed by atoms with Gasteiger partial charge in [-0.15, -0.1) is 5.10 Å². The molecule has 148 valence electrons. The van der Waals surface area contributed by atoms with Gasteiger partial charge in [-0.3, -0.25) is 9.69 Å². The molecule has 1 aliphatic heterocycles. The number of amides is 1. The highest BCUT2D eigenvalue weighted by molar-refractivity contribution is 5.93. The first kappa shape index (κ1) is 18.0. The quantitative estimate of drug-likeness (QED) is 0.743. The molecule has 7 nitrogen and oxygen atoms in total. The molecule has 0 spiro atoms. The first-order chi connectivity index (χ1) is 14.3. The van der Waals surface area contributed by atoms with E-state index in [1.807, 2.05) is 24.3 Å². The van der Waals surface area contributed by atoms with E-state index in [4.69, 9.17) is 0 Å². The van der Waals surface area contributed by atoms with Gasteiger partial charge in [0.05, 0.1) is 11.6 Å². The number of aromatic nitrogens is 4. The summed E-state index contributed by atoms with van der Waals surface area (Å²) < 4.78 is 1.58. The molecule has 1 amide bonds. The topological polar surface area (TPSA) is 75.9 Å². The van der Waals surface area contributed by atoms with Crippen LogP contribution in [0.1, 0.15) is 24.0 Å². The Morgan fingerprint density at radius 1 is 1.07 bits per heavy atom. The molecular weight excluding hydrogens is 364 g/mol. The third-order valence-electron chi connectivity index (χ3n) is 6.10. The second-order valence-electron chi connectivity index (χ2n) is 7.96. The van der Waals surface area contributed by atoms with Gasteiger partial charge in [-0.25, -0.2) is 4.68 Å². The van der Waals surface area contributed by atoms with Crippen LogP contribution in [0.15, 0.2) is 54.9 Å². The van der Waals surface area contributed by atoms with Crippen LogP contribution in [0.5, 0.6) is 0 Å². The largest absolute Gasteiger partial charge is 0.326 e. The van der Waals surface area contributed by atoms with Crippen molar-refractivity contribution < 1.29 is 4.79 Å². The molecule has 0 bridgehead atoms. The Morgan fingerprint density at radius 3 is 2.66 bits per heavy atom. The van der Waals surface area contributed by atoms with Crippen LogP contribution in [0.25, 0.3) is 5.69 Å². The molecule has 0 radical (unpaired) electrons. The van der Waals surface area contributed by atoms with Gasteiger partial charge >= 0.3 is 0 Å². The van der Waals surface area contributed by atoms with Crippen LogP contribution in [0.2, 0.25) is 0 Å². The fourth-order valence-corrected chi connectivity index (χ4v) is 4.60. The van der Waals surface area contributed by atoms with E-state index in [1.54, 1.807) is 11.0 Å². The Kier molecular flexibility index (Phi) is 4.81. The van der Waals surface area contributed by atoms with Crippen molar-refractivity contribution in [3.05, 3.63) is 66.0 Å². The van der Waals surface area contributed by atoms with Crippen LogP contribution in [-0.2, 0) is 17.6 Å². The first-order valence-electron chi connectivity index (χ1n) is 10.2. The summed E-state index contributed by atoms with van der Waals surface area (Å²) >= 11 is 0. The highest BCUT2D eigenvalue weighted by Gasteiger charge is 2.32. The van der Waals surface area contributed by atoms with Crippen LogP contribution in [0.3, 0.4) is 0 Å². The summed E-state index contributed by atoms with van der Waals surface area (Å²) in [7, 11) is 0. The number of carbonyl (C=O) groups excluding carboxylic acids is 1. The predicted octanol–water partition coefficient (Wildman–Crippen LogP) is 2.48. The zero-order chi connectivity index (χ0) is 19.6. The normalized spacial score (nSPS) is 19.8. The third kappa shape index (κ3) is 3.78. The van der Waals surface area contributed by atoms with E-state index in [1.165, 1.54) is 11.1 Å². The number of rotatable bonds is 4. The van der Waals surface area contributed by atoms with E-state index >= 15 is 0 Å². The lowest BCUT2D eigenvalue weighted by Crippen LogP contribution is -2.46. The summed E-state index contributed by atoms with van der Waals surface area (Å²) in [4.78, 5) is 15.5. The zero-order valence-electron chi connectivity index (χ0n) is 16.2. The maximum Gasteiger partial charge on any atom is 0.228 e. The minimum Gasteiger partial charge on any atom is -0.326 e. The summed E-state index contributed by atoms with van der Waals surface area (Å²) in [6.07, 6.45) is 5.74. The molecule has 2 aromatic carbocycles. The van der Waals surface area contributed by atoms with Gasteiger partial charge in [-0.05, 0) is 72.0 Å². The number of hydrogen-bond donors (Lipinski definition) is 1. The van der Waals surface area contributed by atoms with Gasteiger partial charge in [0, 0.05) is 18.3 Å². The zero-order valence-corrected chi connectivity index (χ0v) is 16.2. The lowest BCUT2D eigenvalue weighted by molar-refractivity contribution is -0.121. The van der Waals surface area contributed by atoms with E-state index in [-0.39, 0.29) is 11.8 Å². The highest BCUT2D eigenvalue weighted by atomic mass is 16.1. The SMILES string of the molecule is O=C(Nc1cccc(-n2cnnn2)c1)[C@@H]1CCCN(C2Cc3ccccc3C2)C1. The number of piperidine rings is 1. The van der Waals surface area contributed by atoms with Crippen molar-refractivity contribution in [3.63, 3.8) is 0 Å². The summed E-state index contributed by atoms with van der Waals surface area (Å²) in [6.45, 7) is 1.91. The Morgan fingerprint density at radius 2 is 1.90 bits per heavy atom. The average Bonchev–Trinajstić information content (AvgIpc) is 3.44. The van der Waals surface area contributed by atoms with Gasteiger partial charge in [0.1, 0.15) is 6.33 Å². The number of anilines is 1. The maximum absolute atomic E-state index is 13.0. The number of benzene rings is 2. The number of hydrogen-bond acceptors (Lipinski definition) is 5. The molecule has 1 atom stereocenters. The molecule has 3 aromatic rings. The van der Waals surface area contributed by atoms with Crippen LogP contribution < -0.4 is 5.32 Å².